The van der Waals surface area contributed by atoms with Crippen LogP contribution < -0.4 is 5.73 Å². The van der Waals surface area contributed by atoms with Gasteiger partial charge in [0.1, 0.15) is 6.61 Å². The molecule has 0 heterocycles. The van der Waals surface area contributed by atoms with Gasteiger partial charge in [-0.2, -0.15) is 0 Å². The first-order chi connectivity index (χ1) is 6.16. The third-order valence-corrected chi connectivity index (χ3v) is 2.51. The average Bonchev–Trinajstić information content (AvgIpc) is 2.02. The molecular weight excluding hydrogens is 166 g/mol. The van der Waals surface area contributed by atoms with E-state index in [0.717, 1.165) is 19.3 Å². The van der Waals surface area contributed by atoms with Gasteiger partial charge in [0.15, 0.2) is 5.78 Å². The van der Waals surface area contributed by atoms with Crippen molar-refractivity contribution >= 4 is 5.78 Å². The van der Waals surface area contributed by atoms with Crippen molar-refractivity contribution in [1.29, 1.82) is 0 Å². The van der Waals surface area contributed by atoms with Crippen molar-refractivity contribution in [3.63, 3.8) is 0 Å². The van der Waals surface area contributed by atoms with Crippen LogP contribution in [0.4, 0.5) is 0 Å². The molecule has 13 heavy (non-hydrogen) atoms. The van der Waals surface area contributed by atoms with Crippen LogP contribution in [0.25, 0.3) is 0 Å². The van der Waals surface area contributed by atoms with Gasteiger partial charge in [-0.1, -0.05) is 6.92 Å². The van der Waals surface area contributed by atoms with Gasteiger partial charge in [-0.15, -0.1) is 0 Å². The Labute approximate surface area is 79.6 Å². The molecule has 2 N–H and O–H groups in total. The molecule has 0 unspecified atom stereocenters. The van der Waals surface area contributed by atoms with Crippen LogP contribution in [-0.2, 0) is 9.53 Å². The number of Topliss-reactive ketones (excluding diaryl/α,β-unsaturated/α-hetero) is 1. The summed E-state index contributed by atoms with van der Waals surface area (Å²) < 4.78 is 5.15. The van der Waals surface area contributed by atoms with E-state index in [-0.39, 0.29) is 17.9 Å². The smallest absolute Gasteiger partial charge is 0.160 e. The molecule has 0 radical (unpaired) electrons. The number of ether oxygens (including phenoxy) is 1. The number of hydrogen-bond donors (Lipinski definition) is 1. The van der Waals surface area contributed by atoms with E-state index in [1.165, 1.54) is 6.42 Å². The molecule has 1 rings (SSSR count). The zero-order chi connectivity index (χ0) is 9.73. The van der Waals surface area contributed by atoms with Gasteiger partial charge in [0.25, 0.3) is 0 Å². The zero-order valence-electron chi connectivity index (χ0n) is 8.34. The number of rotatable bonds is 6. The molecule has 3 nitrogen and oxygen atoms in total. The van der Waals surface area contributed by atoms with E-state index in [0.29, 0.717) is 13.0 Å². The molecule has 0 spiro atoms. The summed E-state index contributed by atoms with van der Waals surface area (Å²) in [6.45, 7) is 2.94. The summed E-state index contributed by atoms with van der Waals surface area (Å²) in [5.41, 5.74) is 5.74. The van der Waals surface area contributed by atoms with Crippen molar-refractivity contribution in [3.05, 3.63) is 0 Å². The van der Waals surface area contributed by atoms with Gasteiger partial charge >= 0.3 is 0 Å². The molecule has 1 saturated carbocycles. The molecular formula is C10H19NO2. The largest absolute Gasteiger partial charge is 0.374 e. The molecule has 0 aromatic carbocycles. The lowest BCUT2D eigenvalue weighted by atomic mass is 9.74. The molecule has 0 saturated heterocycles. The normalized spacial score (nSPS) is 19.5. The van der Waals surface area contributed by atoms with Crippen LogP contribution in [0.5, 0.6) is 0 Å². The Morgan fingerprint density at radius 1 is 1.54 bits per heavy atom. The average molecular weight is 185 g/mol. The minimum absolute atomic E-state index is 0.149. The molecule has 1 fully saturated rings. The Balaban J connectivity index is 2.10. The van der Waals surface area contributed by atoms with E-state index in [1.807, 2.05) is 6.92 Å². The van der Waals surface area contributed by atoms with Crippen LogP contribution in [-0.4, -0.2) is 24.5 Å². The van der Waals surface area contributed by atoms with Gasteiger partial charge in [-0.3, -0.25) is 4.79 Å². The highest BCUT2D eigenvalue weighted by Gasteiger charge is 2.34. The fraction of sp³-hybridized carbons (Fsp3) is 0.900. The van der Waals surface area contributed by atoms with Crippen molar-refractivity contribution < 1.29 is 9.53 Å². The maximum absolute atomic E-state index is 11.3. The topological polar surface area (TPSA) is 52.3 Å². The standard InChI is InChI=1S/C10H19NO2/c1-2-6-13-8-9(12)7-10(11)4-3-5-10/h2-8,11H2,1H3. The molecule has 1 aliphatic carbocycles. The molecule has 0 aromatic rings. The second kappa shape index (κ2) is 4.72. The zero-order valence-corrected chi connectivity index (χ0v) is 8.34. The van der Waals surface area contributed by atoms with Crippen LogP contribution >= 0.6 is 0 Å². The summed E-state index contributed by atoms with van der Waals surface area (Å²) >= 11 is 0. The van der Waals surface area contributed by atoms with Crippen molar-refractivity contribution in [2.24, 2.45) is 5.73 Å². The van der Waals surface area contributed by atoms with Gasteiger partial charge in [-0.05, 0) is 25.7 Å². The number of ketones is 1. The van der Waals surface area contributed by atoms with Crippen LogP contribution in [0, 0.1) is 0 Å². The van der Waals surface area contributed by atoms with Crippen molar-refractivity contribution in [3.8, 4) is 0 Å². The predicted molar refractivity (Wildman–Crippen MR) is 51.5 cm³/mol. The van der Waals surface area contributed by atoms with Crippen LogP contribution in [0.2, 0.25) is 0 Å². The third kappa shape index (κ3) is 3.44. The fourth-order valence-corrected chi connectivity index (χ4v) is 1.58. The monoisotopic (exact) mass is 185 g/mol. The van der Waals surface area contributed by atoms with Crippen molar-refractivity contribution in [1.82, 2.24) is 0 Å². The molecule has 3 heteroatoms. The summed E-state index contributed by atoms with van der Waals surface area (Å²) in [5.74, 6) is 0.149. The Hall–Kier alpha value is -0.410. The first-order valence-electron chi connectivity index (χ1n) is 5.05. The Morgan fingerprint density at radius 2 is 2.23 bits per heavy atom. The first kappa shape index (κ1) is 10.7. The molecule has 1 aliphatic rings. The fourth-order valence-electron chi connectivity index (χ4n) is 1.58. The number of hydrogen-bond acceptors (Lipinski definition) is 3. The molecule has 0 aliphatic heterocycles. The third-order valence-electron chi connectivity index (χ3n) is 2.51. The second-order valence-corrected chi connectivity index (χ2v) is 3.98. The van der Waals surface area contributed by atoms with Gasteiger partial charge in [-0.25, -0.2) is 0 Å². The van der Waals surface area contributed by atoms with E-state index in [9.17, 15) is 4.79 Å². The highest BCUT2D eigenvalue weighted by atomic mass is 16.5. The van der Waals surface area contributed by atoms with E-state index in [2.05, 4.69) is 0 Å². The minimum atomic E-state index is -0.188. The van der Waals surface area contributed by atoms with Crippen molar-refractivity contribution in [2.45, 2.75) is 44.6 Å². The second-order valence-electron chi connectivity index (χ2n) is 3.98. The minimum Gasteiger partial charge on any atom is -0.374 e. The molecule has 0 atom stereocenters. The van der Waals surface area contributed by atoms with Gasteiger partial charge < -0.3 is 10.5 Å². The first-order valence-corrected chi connectivity index (χ1v) is 5.05. The summed E-state index contributed by atoms with van der Waals surface area (Å²) in [5, 5.41) is 0. The molecule has 76 valence electrons. The van der Waals surface area contributed by atoms with Crippen molar-refractivity contribution in [2.75, 3.05) is 13.2 Å². The number of carbonyl (C=O) groups is 1. The Morgan fingerprint density at radius 3 is 2.69 bits per heavy atom. The lowest BCUT2D eigenvalue weighted by molar-refractivity contribution is -0.125. The maximum atomic E-state index is 11.3. The number of nitrogens with two attached hydrogens (primary N) is 1. The Kier molecular flexibility index (Phi) is 3.88. The predicted octanol–water partition coefficient (Wildman–Crippen LogP) is 1.25. The van der Waals surface area contributed by atoms with E-state index < -0.39 is 0 Å². The quantitative estimate of drug-likeness (QED) is 0.634. The SMILES string of the molecule is CCCOCC(=O)CC1(N)CCC1. The highest BCUT2D eigenvalue weighted by Crippen LogP contribution is 2.32. The van der Waals surface area contributed by atoms with E-state index >= 15 is 0 Å². The summed E-state index contributed by atoms with van der Waals surface area (Å²) in [6, 6.07) is 0. The molecule has 0 aromatic heterocycles. The summed E-state index contributed by atoms with van der Waals surface area (Å²) in [7, 11) is 0. The number of carbonyl (C=O) groups excluding carboxylic acids is 1. The van der Waals surface area contributed by atoms with Crippen LogP contribution in [0.1, 0.15) is 39.0 Å². The Bertz CT molecular complexity index is 176. The van der Waals surface area contributed by atoms with Gasteiger partial charge in [0.2, 0.25) is 0 Å². The van der Waals surface area contributed by atoms with Crippen LogP contribution in [0.15, 0.2) is 0 Å². The molecule has 0 bridgehead atoms. The summed E-state index contributed by atoms with van der Waals surface area (Å²) in [6.07, 6.45) is 4.61. The lowest BCUT2D eigenvalue weighted by Gasteiger charge is -2.37. The highest BCUT2D eigenvalue weighted by molar-refractivity contribution is 5.81. The van der Waals surface area contributed by atoms with E-state index in [4.69, 9.17) is 10.5 Å². The van der Waals surface area contributed by atoms with Gasteiger partial charge in [0.05, 0.1) is 0 Å². The van der Waals surface area contributed by atoms with Gasteiger partial charge in [0, 0.05) is 18.6 Å². The van der Waals surface area contributed by atoms with Crippen LogP contribution in [0.3, 0.4) is 0 Å². The summed E-state index contributed by atoms with van der Waals surface area (Å²) in [4.78, 5) is 11.3. The van der Waals surface area contributed by atoms with E-state index in [1.54, 1.807) is 0 Å². The molecule has 0 amide bonds. The maximum Gasteiger partial charge on any atom is 0.160 e. The lowest BCUT2D eigenvalue weighted by Crippen LogP contribution is -2.48.